The van der Waals surface area contributed by atoms with Gasteiger partial charge < -0.3 is 49.3 Å². The maximum Gasteiger partial charge on any atom is 0.237 e. The molecule has 18 rings (SSSR count). The zero-order valence-corrected chi connectivity index (χ0v) is 67.0. The van der Waals surface area contributed by atoms with E-state index in [1.165, 1.54) is 17.8 Å². The smallest absolute Gasteiger partial charge is 0.237 e. The van der Waals surface area contributed by atoms with E-state index >= 15 is 0 Å². The lowest BCUT2D eigenvalue weighted by atomic mass is 9.72. The Kier molecular flexibility index (Phi) is 25.2. The number of likely N-dealkylation sites (N-methyl/N-ethyl adjacent to an activating group) is 4. The minimum atomic E-state index is -0.656. The largest absolute Gasteiger partial charge is 0.478 e. The number of amides is 7. The van der Waals surface area contributed by atoms with Gasteiger partial charge in [-0.25, -0.2) is 9.97 Å². The molecule has 0 bridgehead atoms. The average molecular weight is 1690 g/mol. The number of carbonyl (C=O) groups is 7. The molecular weight excluding hydrogens is 1590 g/mol. The summed E-state index contributed by atoms with van der Waals surface area (Å²) in [5.41, 5.74) is 12.8. The number of ether oxygens (including phenoxy) is 1. The van der Waals surface area contributed by atoms with E-state index in [0.717, 1.165) is 153 Å². The molecule has 14 heterocycles. The highest BCUT2D eigenvalue weighted by atomic mass is 79.9. The Morgan fingerprint density at radius 3 is 1.05 bits per heavy atom. The van der Waals surface area contributed by atoms with Crippen molar-refractivity contribution < 1.29 is 42.7 Å². The van der Waals surface area contributed by atoms with Crippen LogP contribution in [0.2, 0.25) is 0 Å². The molecule has 10 aromatic rings. The number of anilines is 4. The van der Waals surface area contributed by atoms with Gasteiger partial charge >= 0.3 is 0 Å². The van der Waals surface area contributed by atoms with E-state index in [1.54, 1.807) is 70.8 Å². The number of aromatic nitrogens is 6. The molecule has 26 heteroatoms. The number of nitrogens with one attached hydrogen (secondary N) is 1. The number of hydrogen-bond acceptors (Lipinski definition) is 16. The molecule has 0 unspecified atom stereocenters. The molecule has 7 amide bonds. The lowest BCUT2D eigenvalue weighted by Crippen LogP contribution is -2.49. The van der Waals surface area contributed by atoms with Crippen LogP contribution in [0.25, 0.3) is 65.9 Å². The fraction of sp³-hybridized carbons (Fsp3) is 0.404. The van der Waals surface area contributed by atoms with Crippen molar-refractivity contribution >= 4 is 140 Å². The van der Waals surface area contributed by atoms with Crippen molar-refractivity contribution in [2.45, 2.75) is 130 Å². The molecule has 4 aromatic carbocycles. The van der Waals surface area contributed by atoms with Gasteiger partial charge in [0.25, 0.3) is 0 Å². The summed E-state index contributed by atoms with van der Waals surface area (Å²) in [5.74, 6) is 0.754. The molecule has 6 aromatic heterocycles. The van der Waals surface area contributed by atoms with Gasteiger partial charge in [0.15, 0.2) is 0 Å². The number of piperidine rings is 4. The molecule has 4 saturated heterocycles. The molecule has 4 fully saturated rings. The monoisotopic (exact) mass is 1690 g/mol. The lowest BCUT2D eigenvalue weighted by molar-refractivity contribution is -0.133. The Morgan fingerprint density at radius 2 is 0.739 bits per heavy atom. The van der Waals surface area contributed by atoms with Gasteiger partial charge in [-0.3, -0.25) is 53.5 Å². The minimum Gasteiger partial charge on any atom is -0.478 e. The Labute approximate surface area is 689 Å². The Morgan fingerprint density at radius 1 is 0.426 bits per heavy atom. The van der Waals surface area contributed by atoms with Gasteiger partial charge in [-0.1, -0.05) is 73.7 Å². The Hall–Kier alpha value is -10.3. The third-order valence-corrected chi connectivity index (χ3v) is 25.3. The van der Waals surface area contributed by atoms with E-state index < -0.39 is 22.2 Å². The molecule has 604 valence electrons. The van der Waals surface area contributed by atoms with Gasteiger partial charge in [0.2, 0.25) is 53.2 Å². The third-order valence-electron chi connectivity index (χ3n) is 24.3. The van der Waals surface area contributed by atoms with Crippen LogP contribution in [0, 0.1) is 5.95 Å². The second-order valence-electron chi connectivity index (χ2n) is 30.7. The molecule has 0 atom stereocenters. The quantitative estimate of drug-likeness (QED) is 0.115. The first-order valence-electron chi connectivity index (χ1n) is 37.8. The second-order valence-corrected chi connectivity index (χ2v) is 32.5. The van der Waals surface area contributed by atoms with Crippen LogP contribution in [0.4, 0.5) is 27.1 Å². The highest BCUT2D eigenvalue weighted by Crippen LogP contribution is 2.55. The first-order chi connectivity index (χ1) is 53.3. The van der Waals surface area contributed by atoms with E-state index in [-0.39, 0.29) is 76.5 Å². The van der Waals surface area contributed by atoms with Gasteiger partial charge in [-0.05, 0) is 175 Å². The fourth-order valence-corrected chi connectivity index (χ4v) is 19.0. The summed E-state index contributed by atoms with van der Waals surface area (Å²) in [6, 6.07) is 31.1. The molecule has 8 aliphatic heterocycles. The van der Waals surface area contributed by atoms with Gasteiger partial charge in [0.1, 0.15) is 0 Å². The number of fused-ring (bicyclic) bond motifs is 16. The highest BCUT2D eigenvalue weighted by Gasteiger charge is 2.56. The Bertz CT molecular complexity index is 5430. The van der Waals surface area contributed by atoms with Crippen LogP contribution in [0.15, 0.2) is 143 Å². The van der Waals surface area contributed by atoms with Crippen LogP contribution < -0.4 is 29.7 Å². The number of likely N-dealkylation sites (tertiary alicyclic amines) is 3. The summed E-state index contributed by atoms with van der Waals surface area (Å²) in [6.45, 7) is 11.6. The van der Waals surface area contributed by atoms with E-state index in [4.69, 9.17) is 4.74 Å². The lowest BCUT2D eigenvalue weighted by Gasteiger charge is -2.38. The van der Waals surface area contributed by atoms with Crippen LogP contribution in [0.1, 0.15) is 131 Å². The number of halogens is 3. The van der Waals surface area contributed by atoms with Crippen molar-refractivity contribution in [3.05, 3.63) is 171 Å². The maximum absolute atomic E-state index is 13.6. The molecule has 115 heavy (non-hydrogen) atoms. The van der Waals surface area contributed by atoms with Crippen molar-refractivity contribution in [1.29, 1.82) is 0 Å². The summed E-state index contributed by atoms with van der Waals surface area (Å²) >= 11 is 7.08. The summed E-state index contributed by atoms with van der Waals surface area (Å²) in [7, 11) is 11.4. The number of hydrogen-bond donors (Lipinski definition) is 1. The molecular formula is C89H104Br2FN15O8. The summed E-state index contributed by atoms with van der Waals surface area (Å²) in [6.07, 6.45) is 16.9. The molecule has 1 N–H and O–H groups in total. The molecule has 4 spiro atoms. The normalized spacial score (nSPS) is 17.6. The standard InChI is InChI=1S/C28H33N5O3.C23H21FN4O2.C18H18BrN3O2.C16H16BrN3O.4CH4/c1-19(34)33-13-10-28(11-14-33)26-22-16-20(6-8-23(22)29-18-24(26)32(4)27(28)35)21-7-9-25(30-17-21)36-15-5-12-31(2)3;1-14(29)28-9-7-23(8-10-28)21-17-11-15(16-4-6-20(24)26-12-16)3-5-18(17)25-13-19(21)27(2)22(23)30;1-11(23)22-7-5-18(6-8-22)16-13-9-12(19)3-4-14(13)20-10-15(16)21(2)17(18)24;1-20-13-9-19-12-3-2-10(17)8-11(12)14(13)16(15(20)21)4-6-18-7-5-16;;;;/h6-9,16-18H,5,10-15H2,1-4H3;3-6,11-13H,7-10H2,1-2H3;3-4,9-10H,5-8H2,1-2H3;2-3,8-9,18H,4-7H2,1H3;4*1H4. The van der Waals surface area contributed by atoms with Gasteiger partial charge in [-0.15, -0.1) is 0 Å². The highest BCUT2D eigenvalue weighted by molar-refractivity contribution is 9.10. The zero-order chi connectivity index (χ0) is 78.2. The van der Waals surface area contributed by atoms with Crippen molar-refractivity contribution in [1.82, 2.24) is 54.8 Å². The van der Waals surface area contributed by atoms with E-state index in [0.29, 0.717) is 90.3 Å². The van der Waals surface area contributed by atoms with Gasteiger partial charge in [0.05, 0.1) is 97.9 Å². The average Bonchev–Trinajstić information content (AvgIpc) is 1.59. The van der Waals surface area contributed by atoms with Crippen molar-refractivity contribution in [2.24, 2.45) is 0 Å². The second kappa shape index (κ2) is 33.9. The molecule has 8 aliphatic rings. The topological polar surface area (TPSA) is 244 Å². The van der Waals surface area contributed by atoms with Gasteiger partial charge in [0, 0.05) is 177 Å². The first kappa shape index (κ1) is 85.6. The van der Waals surface area contributed by atoms with Crippen molar-refractivity contribution in [2.75, 3.05) is 127 Å². The predicted molar refractivity (Wildman–Crippen MR) is 461 cm³/mol. The summed E-state index contributed by atoms with van der Waals surface area (Å²) < 4.78 is 21.0. The maximum atomic E-state index is 13.6. The van der Waals surface area contributed by atoms with E-state index in [9.17, 15) is 38.0 Å². The van der Waals surface area contributed by atoms with Crippen LogP contribution in [0.5, 0.6) is 5.88 Å². The molecule has 0 aliphatic carbocycles. The molecule has 0 saturated carbocycles. The fourth-order valence-electron chi connectivity index (χ4n) is 18.3. The predicted octanol–water partition coefficient (Wildman–Crippen LogP) is 14.8. The SMILES string of the molecule is C.C.C.C.CC(=O)N1CCC2(CC1)C(=O)N(C)c1cnc3ccc(-c4ccc(F)nc4)cc3c12.CC(=O)N1CCC2(CC1)C(=O)N(C)c1cnc3ccc(-c4ccc(OCCCN(C)C)nc4)cc3c12.CC(=O)N1CCC2(CC1)C(=O)N(C)c1cnc3ccc(Br)cc3c12.CN1C(=O)C2(CCNCC2)c2c1cnc1ccc(Br)cc21. The summed E-state index contributed by atoms with van der Waals surface area (Å²) in [5, 5.41) is 7.40. The number of nitrogens with zero attached hydrogens (tertiary/aromatic N) is 14. The number of rotatable bonds is 7. The number of pyridine rings is 6. The van der Waals surface area contributed by atoms with Crippen LogP contribution in [-0.2, 0) is 55.2 Å². The number of benzene rings is 4. The van der Waals surface area contributed by atoms with Crippen LogP contribution >= 0.6 is 31.9 Å². The van der Waals surface area contributed by atoms with Crippen molar-refractivity contribution in [3.63, 3.8) is 0 Å². The number of carbonyl (C=O) groups excluding carboxylic acids is 7. The van der Waals surface area contributed by atoms with E-state index in [1.807, 2.05) is 136 Å². The first-order valence-corrected chi connectivity index (χ1v) is 39.4. The Balaban J connectivity index is 0.000000152. The van der Waals surface area contributed by atoms with Gasteiger partial charge in [-0.2, -0.15) is 4.39 Å². The zero-order valence-electron chi connectivity index (χ0n) is 63.8. The van der Waals surface area contributed by atoms with Crippen LogP contribution in [-0.4, -0.2) is 199 Å². The van der Waals surface area contributed by atoms with Crippen molar-refractivity contribution in [3.8, 4) is 28.1 Å². The third kappa shape index (κ3) is 15.1. The van der Waals surface area contributed by atoms with Crippen LogP contribution in [0.3, 0.4) is 0 Å². The summed E-state index contributed by atoms with van der Waals surface area (Å²) in [4.78, 5) is 130. The molecule has 23 nitrogen and oxygen atoms in total. The van der Waals surface area contributed by atoms with E-state index in [2.05, 4.69) is 84.1 Å². The minimum absolute atomic E-state index is 0. The molecule has 0 radical (unpaired) electrons.